The minimum absolute atomic E-state index is 0.210. The van der Waals surface area contributed by atoms with Gasteiger partial charge in [-0.1, -0.05) is 96.6 Å². The maximum absolute atomic E-state index is 13.0. The number of carbonyl (C=O) groups is 1. The van der Waals surface area contributed by atoms with Crippen molar-refractivity contribution in [2.45, 2.75) is 39.7 Å². The van der Waals surface area contributed by atoms with E-state index in [9.17, 15) is 4.79 Å². The van der Waals surface area contributed by atoms with Crippen LogP contribution in [-0.2, 0) is 17.8 Å². The van der Waals surface area contributed by atoms with Gasteiger partial charge in [0.2, 0.25) is 5.91 Å². The molecule has 2 heteroatoms. The summed E-state index contributed by atoms with van der Waals surface area (Å²) in [5, 5.41) is 0. The van der Waals surface area contributed by atoms with Crippen molar-refractivity contribution < 1.29 is 4.79 Å². The molecule has 0 N–H and O–H groups in total. The van der Waals surface area contributed by atoms with Crippen LogP contribution < -0.4 is 0 Å². The van der Waals surface area contributed by atoms with E-state index in [0.29, 0.717) is 13.0 Å². The quantitative estimate of drug-likeness (QED) is 0.411. The van der Waals surface area contributed by atoms with Crippen molar-refractivity contribution in [2.75, 3.05) is 6.54 Å². The molecule has 0 saturated carbocycles. The fraction of sp³-hybridized carbons (Fsp3) is 0.250. The number of hydrogen-bond donors (Lipinski definition) is 0. The van der Waals surface area contributed by atoms with Crippen LogP contribution in [0, 0.1) is 13.8 Å². The number of carbonyl (C=O) groups excluding carboxylic acids is 1. The molecule has 0 bridgehead atoms. The highest BCUT2D eigenvalue weighted by atomic mass is 16.2. The molecule has 0 heterocycles. The maximum Gasteiger partial charge on any atom is 0.223 e. The van der Waals surface area contributed by atoms with E-state index in [-0.39, 0.29) is 5.91 Å². The fourth-order valence-corrected chi connectivity index (χ4v) is 3.50. The molecule has 3 aromatic carbocycles. The number of aryl methyl sites for hydroxylation is 2. The molecule has 0 spiro atoms. The lowest BCUT2D eigenvalue weighted by molar-refractivity contribution is -0.131. The van der Waals surface area contributed by atoms with Gasteiger partial charge in [-0.3, -0.25) is 4.79 Å². The van der Waals surface area contributed by atoms with Gasteiger partial charge >= 0.3 is 0 Å². The summed E-state index contributed by atoms with van der Waals surface area (Å²) in [6.45, 7) is 5.62. The fourth-order valence-electron chi connectivity index (χ4n) is 3.50. The van der Waals surface area contributed by atoms with Gasteiger partial charge in [-0.15, -0.1) is 0 Å². The first-order valence-electron chi connectivity index (χ1n) is 10.7. The van der Waals surface area contributed by atoms with Crippen LogP contribution in [0.25, 0.3) is 6.08 Å². The normalized spacial score (nSPS) is 11.0. The van der Waals surface area contributed by atoms with Crippen LogP contribution in [0.4, 0.5) is 0 Å². The molecule has 154 valence electrons. The Morgan fingerprint density at radius 2 is 1.57 bits per heavy atom. The minimum atomic E-state index is 0.210. The average molecular weight is 398 g/mol. The number of allylic oxidation sites excluding steroid dienone is 1. The van der Waals surface area contributed by atoms with E-state index in [1.807, 2.05) is 23.1 Å². The average Bonchev–Trinajstić information content (AvgIpc) is 2.77. The lowest BCUT2D eigenvalue weighted by atomic mass is 10.1. The van der Waals surface area contributed by atoms with E-state index < -0.39 is 0 Å². The number of nitrogens with zero attached hydrogens (tertiary/aromatic N) is 1. The van der Waals surface area contributed by atoms with Crippen molar-refractivity contribution >= 4 is 12.0 Å². The molecule has 0 radical (unpaired) electrons. The van der Waals surface area contributed by atoms with E-state index in [1.54, 1.807) is 0 Å². The zero-order valence-electron chi connectivity index (χ0n) is 18.1. The standard InChI is InChI=1S/C28H31NO/c1-23-16-18-26(19-17-23)22-29(21-20-27-14-8-6-10-24(27)2)28(30)15-9-7-13-25-11-4-3-5-12-25/h3-8,10-14,16-19H,9,15,20-22H2,1-2H3/b13-7+. The second-order valence-corrected chi connectivity index (χ2v) is 7.83. The van der Waals surface area contributed by atoms with Crippen LogP contribution in [-0.4, -0.2) is 17.4 Å². The third-order valence-electron chi connectivity index (χ3n) is 5.39. The molecule has 30 heavy (non-hydrogen) atoms. The molecule has 3 rings (SSSR count). The highest BCUT2D eigenvalue weighted by molar-refractivity contribution is 5.76. The molecule has 0 saturated heterocycles. The SMILES string of the molecule is Cc1ccc(CN(CCc2ccccc2C)C(=O)CC/C=C/c2ccccc2)cc1. The van der Waals surface area contributed by atoms with Crippen molar-refractivity contribution in [1.82, 2.24) is 4.90 Å². The molecule has 1 amide bonds. The maximum atomic E-state index is 13.0. The predicted octanol–water partition coefficient (Wildman–Crippen LogP) is 6.37. The minimum Gasteiger partial charge on any atom is -0.338 e. The van der Waals surface area contributed by atoms with Gasteiger partial charge in [-0.2, -0.15) is 0 Å². The summed E-state index contributed by atoms with van der Waals surface area (Å²) in [4.78, 5) is 15.0. The van der Waals surface area contributed by atoms with Crippen LogP contribution in [0.1, 0.15) is 40.7 Å². The first-order chi connectivity index (χ1) is 14.6. The Hall–Kier alpha value is -3.13. The summed E-state index contributed by atoms with van der Waals surface area (Å²) in [7, 11) is 0. The number of hydrogen-bond acceptors (Lipinski definition) is 1. The van der Waals surface area contributed by atoms with Crippen LogP contribution in [0.5, 0.6) is 0 Å². The summed E-state index contributed by atoms with van der Waals surface area (Å²) in [5.41, 5.74) is 6.18. The topological polar surface area (TPSA) is 20.3 Å². The molecule has 0 atom stereocenters. The van der Waals surface area contributed by atoms with Gasteiger partial charge in [0, 0.05) is 19.5 Å². The van der Waals surface area contributed by atoms with Gasteiger partial charge in [-0.05, 0) is 48.9 Å². The van der Waals surface area contributed by atoms with Gasteiger partial charge in [0.05, 0.1) is 0 Å². The van der Waals surface area contributed by atoms with E-state index in [2.05, 4.69) is 86.7 Å². The molecule has 0 unspecified atom stereocenters. The molecule has 0 aliphatic heterocycles. The molecule has 0 aliphatic rings. The summed E-state index contributed by atoms with van der Waals surface area (Å²) in [6, 6.07) is 27.1. The molecule has 3 aromatic rings. The third kappa shape index (κ3) is 6.73. The van der Waals surface area contributed by atoms with Gasteiger partial charge in [0.15, 0.2) is 0 Å². The molecule has 0 fully saturated rings. The first-order valence-corrected chi connectivity index (χ1v) is 10.7. The van der Waals surface area contributed by atoms with Crippen molar-refractivity contribution in [3.63, 3.8) is 0 Å². The van der Waals surface area contributed by atoms with E-state index in [1.165, 1.54) is 27.8 Å². The second-order valence-electron chi connectivity index (χ2n) is 7.83. The monoisotopic (exact) mass is 397 g/mol. The number of benzene rings is 3. The van der Waals surface area contributed by atoms with Crippen LogP contribution in [0.2, 0.25) is 0 Å². The molecule has 0 aliphatic carbocycles. The van der Waals surface area contributed by atoms with Crippen molar-refractivity contribution in [3.05, 3.63) is 113 Å². The summed E-state index contributed by atoms with van der Waals surface area (Å²) >= 11 is 0. The second kappa shape index (κ2) is 11.2. The van der Waals surface area contributed by atoms with Crippen LogP contribution >= 0.6 is 0 Å². The smallest absolute Gasteiger partial charge is 0.223 e. The van der Waals surface area contributed by atoms with E-state index in [4.69, 9.17) is 0 Å². The Morgan fingerprint density at radius 1 is 0.867 bits per heavy atom. The third-order valence-corrected chi connectivity index (χ3v) is 5.39. The zero-order valence-corrected chi connectivity index (χ0v) is 18.1. The lowest BCUT2D eigenvalue weighted by Gasteiger charge is -2.23. The zero-order chi connectivity index (χ0) is 21.2. The van der Waals surface area contributed by atoms with E-state index in [0.717, 1.165) is 19.4 Å². The molecule has 0 aromatic heterocycles. The summed E-state index contributed by atoms with van der Waals surface area (Å²) in [6.07, 6.45) is 6.35. The Morgan fingerprint density at radius 3 is 2.30 bits per heavy atom. The first kappa shape index (κ1) is 21.6. The van der Waals surface area contributed by atoms with Crippen LogP contribution in [0.15, 0.2) is 84.9 Å². The van der Waals surface area contributed by atoms with Crippen molar-refractivity contribution in [3.8, 4) is 0 Å². The van der Waals surface area contributed by atoms with Gasteiger partial charge in [0.25, 0.3) is 0 Å². The van der Waals surface area contributed by atoms with Gasteiger partial charge < -0.3 is 4.90 Å². The number of amides is 1. The van der Waals surface area contributed by atoms with Gasteiger partial charge in [0.1, 0.15) is 0 Å². The highest BCUT2D eigenvalue weighted by Gasteiger charge is 2.14. The molecular weight excluding hydrogens is 366 g/mol. The molecular formula is C28H31NO. The van der Waals surface area contributed by atoms with Crippen LogP contribution in [0.3, 0.4) is 0 Å². The largest absolute Gasteiger partial charge is 0.338 e. The van der Waals surface area contributed by atoms with Crippen molar-refractivity contribution in [1.29, 1.82) is 0 Å². The summed E-state index contributed by atoms with van der Waals surface area (Å²) < 4.78 is 0. The Bertz CT molecular complexity index is 957. The Balaban J connectivity index is 1.62. The van der Waals surface area contributed by atoms with Crippen molar-refractivity contribution in [2.24, 2.45) is 0 Å². The Kier molecular flexibility index (Phi) is 8.02. The number of rotatable bonds is 9. The van der Waals surface area contributed by atoms with Gasteiger partial charge in [-0.25, -0.2) is 0 Å². The Labute approximate surface area is 180 Å². The highest BCUT2D eigenvalue weighted by Crippen LogP contribution is 2.13. The molecule has 2 nitrogen and oxygen atoms in total. The lowest BCUT2D eigenvalue weighted by Crippen LogP contribution is -2.32. The predicted molar refractivity (Wildman–Crippen MR) is 126 cm³/mol. The summed E-state index contributed by atoms with van der Waals surface area (Å²) in [5.74, 6) is 0.210. The van der Waals surface area contributed by atoms with E-state index >= 15 is 0 Å².